The van der Waals surface area contributed by atoms with Gasteiger partial charge < -0.3 is 15.4 Å². The molecule has 6 nitrogen and oxygen atoms in total. The van der Waals surface area contributed by atoms with Crippen molar-refractivity contribution in [2.24, 2.45) is 5.92 Å². The van der Waals surface area contributed by atoms with E-state index in [1.54, 1.807) is 26.0 Å². The maximum Gasteiger partial charge on any atom is 0.329 e. The summed E-state index contributed by atoms with van der Waals surface area (Å²) < 4.78 is 32.6. The van der Waals surface area contributed by atoms with Crippen LogP contribution >= 0.6 is 0 Å². The molecule has 0 heterocycles. The largest absolute Gasteiger partial charge is 0.454 e. The molecule has 0 unspecified atom stereocenters. The van der Waals surface area contributed by atoms with Crippen LogP contribution in [0.4, 0.5) is 14.5 Å². The van der Waals surface area contributed by atoms with Crippen LogP contribution in [0.25, 0.3) is 0 Å². The van der Waals surface area contributed by atoms with Crippen LogP contribution in [0.1, 0.15) is 35.3 Å². The van der Waals surface area contributed by atoms with Gasteiger partial charge in [0.2, 0.25) is 0 Å². The summed E-state index contributed by atoms with van der Waals surface area (Å²) in [4.78, 5) is 36.8. The molecule has 2 aromatic carbocycles. The average Bonchev–Trinajstić information content (AvgIpc) is 2.67. The highest BCUT2D eigenvalue weighted by molar-refractivity contribution is 5.98. The van der Waals surface area contributed by atoms with Gasteiger partial charge in [0, 0.05) is 5.69 Å². The van der Waals surface area contributed by atoms with E-state index >= 15 is 0 Å². The zero-order valence-corrected chi connectivity index (χ0v) is 17.2. The van der Waals surface area contributed by atoms with Gasteiger partial charge in [-0.05, 0) is 49.1 Å². The van der Waals surface area contributed by atoms with E-state index in [0.717, 1.165) is 29.3 Å². The van der Waals surface area contributed by atoms with E-state index in [4.69, 9.17) is 4.74 Å². The van der Waals surface area contributed by atoms with Gasteiger partial charge in [0.1, 0.15) is 23.2 Å². The second-order valence-electron chi connectivity index (χ2n) is 7.20. The molecule has 1 atom stereocenters. The summed E-state index contributed by atoms with van der Waals surface area (Å²) in [6, 6.07) is 7.24. The van der Waals surface area contributed by atoms with Gasteiger partial charge in [0.05, 0.1) is 0 Å². The van der Waals surface area contributed by atoms with Gasteiger partial charge in [-0.2, -0.15) is 0 Å². The highest BCUT2D eigenvalue weighted by Gasteiger charge is 2.29. The van der Waals surface area contributed by atoms with Crippen molar-refractivity contribution in [3.05, 3.63) is 64.7 Å². The maximum atomic E-state index is 13.8. The predicted molar refractivity (Wildman–Crippen MR) is 108 cm³/mol. The normalized spacial score (nSPS) is 11.7. The number of hydrogen-bond donors (Lipinski definition) is 2. The summed E-state index contributed by atoms with van der Waals surface area (Å²) in [6.45, 7) is 6.43. The molecule has 0 fully saturated rings. The number of halogens is 2. The number of amides is 2. The first-order valence-electron chi connectivity index (χ1n) is 9.39. The Bertz CT molecular complexity index is 940. The molecular formula is C22H24F2N2O4. The van der Waals surface area contributed by atoms with Crippen molar-refractivity contribution in [3.63, 3.8) is 0 Å². The van der Waals surface area contributed by atoms with Gasteiger partial charge in [0.25, 0.3) is 11.8 Å². The van der Waals surface area contributed by atoms with Crippen LogP contribution in [0, 0.1) is 31.4 Å². The highest BCUT2D eigenvalue weighted by Crippen LogP contribution is 2.18. The predicted octanol–water partition coefficient (Wildman–Crippen LogP) is 3.52. The summed E-state index contributed by atoms with van der Waals surface area (Å²) in [5, 5.41) is 4.93. The molecule has 8 heteroatoms. The summed E-state index contributed by atoms with van der Waals surface area (Å²) in [7, 11) is 0. The monoisotopic (exact) mass is 418 g/mol. The second kappa shape index (κ2) is 9.96. The molecule has 160 valence electrons. The molecule has 0 aromatic heterocycles. The Morgan fingerprint density at radius 3 is 2.20 bits per heavy atom. The summed E-state index contributed by atoms with van der Waals surface area (Å²) in [5.74, 6) is -5.05. The number of carbonyl (C=O) groups is 3. The molecule has 0 saturated carbocycles. The van der Waals surface area contributed by atoms with Gasteiger partial charge in [0.15, 0.2) is 6.61 Å². The zero-order valence-electron chi connectivity index (χ0n) is 17.2. The highest BCUT2D eigenvalue weighted by atomic mass is 19.1. The van der Waals surface area contributed by atoms with Gasteiger partial charge in [-0.1, -0.05) is 32.0 Å². The van der Waals surface area contributed by atoms with Gasteiger partial charge >= 0.3 is 5.97 Å². The van der Waals surface area contributed by atoms with Crippen molar-refractivity contribution in [2.75, 3.05) is 11.9 Å². The number of benzene rings is 2. The Hall–Kier alpha value is -3.29. The number of anilines is 1. The Balaban J connectivity index is 2.01. The Labute approximate surface area is 173 Å². The minimum absolute atomic E-state index is 0.446. The fourth-order valence-electron chi connectivity index (χ4n) is 2.73. The molecule has 0 aliphatic rings. The summed E-state index contributed by atoms with van der Waals surface area (Å²) in [5.41, 5.74) is 1.69. The Kier molecular flexibility index (Phi) is 7.63. The van der Waals surface area contributed by atoms with Crippen LogP contribution in [-0.2, 0) is 14.3 Å². The number of rotatable bonds is 7. The lowest BCUT2D eigenvalue weighted by Crippen LogP contribution is -2.46. The van der Waals surface area contributed by atoms with Crippen LogP contribution in [0.15, 0.2) is 36.4 Å². The summed E-state index contributed by atoms with van der Waals surface area (Å²) in [6.07, 6.45) is 0. The lowest BCUT2D eigenvalue weighted by Gasteiger charge is -2.21. The van der Waals surface area contributed by atoms with E-state index in [0.29, 0.717) is 5.69 Å². The molecule has 2 rings (SSSR count). The zero-order chi connectivity index (χ0) is 22.4. The molecule has 0 saturated heterocycles. The first-order valence-corrected chi connectivity index (χ1v) is 9.39. The van der Waals surface area contributed by atoms with E-state index in [-0.39, 0.29) is 0 Å². The van der Waals surface area contributed by atoms with Gasteiger partial charge in [-0.3, -0.25) is 9.59 Å². The van der Waals surface area contributed by atoms with Crippen molar-refractivity contribution in [3.8, 4) is 0 Å². The fraction of sp³-hybridized carbons (Fsp3) is 0.318. The van der Waals surface area contributed by atoms with Crippen LogP contribution in [0.5, 0.6) is 0 Å². The maximum absolute atomic E-state index is 13.8. The number of aryl methyl sites for hydroxylation is 1. The van der Waals surface area contributed by atoms with Crippen molar-refractivity contribution in [1.82, 2.24) is 5.32 Å². The molecule has 0 aliphatic carbocycles. The molecule has 0 radical (unpaired) electrons. The third-order valence-corrected chi connectivity index (χ3v) is 4.62. The number of carbonyl (C=O) groups excluding carboxylic acids is 3. The van der Waals surface area contributed by atoms with Crippen LogP contribution in [0.3, 0.4) is 0 Å². The van der Waals surface area contributed by atoms with Crippen LogP contribution in [-0.4, -0.2) is 30.4 Å². The average molecular weight is 418 g/mol. The van der Waals surface area contributed by atoms with E-state index in [9.17, 15) is 23.2 Å². The van der Waals surface area contributed by atoms with Crippen LogP contribution < -0.4 is 10.6 Å². The van der Waals surface area contributed by atoms with Crippen molar-refractivity contribution < 1.29 is 27.9 Å². The smallest absolute Gasteiger partial charge is 0.329 e. The first-order chi connectivity index (χ1) is 14.1. The van der Waals surface area contributed by atoms with Gasteiger partial charge in [-0.25, -0.2) is 13.6 Å². The third-order valence-electron chi connectivity index (χ3n) is 4.62. The fourth-order valence-corrected chi connectivity index (χ4v) is 2.73. The summed E-state index contributed by atoms with van der Waals surface area (Å²) >= 11 is 0. The van der Waals surface area contributed by atoms with Crippen LogP contribution in [0.2, 0.25) is 0 Å². The minimum Gasteiger partial charge on any atom is -0.454 e. The minimum atomic E-state index is -1.19. The standard InChI is InChI=1S/C22H24F2N2O4/c1-12(2)20(26-21(28)19-15(23)8-6-9-16(19)24)22(29)30-11-18(27)25-17-10-5-7-13(3)14(17)4/h5-10,12,20H,11H2,1-4H3,(H,25,27)(H,26,28)/t20-/m0/s1. The van der Waals surface area contributed by atoms with Crippen molar-refractivity contribution >= 4 is 23.5 Å². The molecule has 0 bridgehead atoms. The first kappa shape index (κ1) is 23.0. The second-order valence-corrected chi connectivity index (χ2v) is 7.20. The Morgan fingerprint density at radius 2 is 1.60 bits per heavy atom. The van der Waals surface area contributed by atoms with E-state index < -0.39 is 53.5 Å². The lowest BCUT2D eigenvalue weighted by atomic mass is 10.0. The Morgan fingerprint density at radius 1 is 1.00 bits per heavy atom. The number of ether oxygens (including phenoxy) is 1. The van der Waals surface area contributed by atoms with E-state index in [1.807, 2.05) is 19.9 Å². The molecule has 2 N–H and O–H groups in total. The molecule has 30 heavy (non-hydrogen) atoms. The topological polar surface area (TPSA) is 84.5 Å². The molecule has 0 spiro atoms. The van der Waals surface area contributed by atoms with Gasteiger partial charge in [-0.15, -0.1) is 0 Å². The van der Waals surface area contributed by atoms with E-state index in [1.165, 1.54) is 0 Å². The molecular weight excluding hydrogens is 394 g/mol. The number of hydrogen-bond acceptors (Lipinski definition) is 4. The number of nitrogens with one attached hydrogen (secondary N) is 2. The van der Waals surface area contributed by atoms with E-state index in [2.05, 4.69) is 10.6 Å². The van der Waals surface area contributed by atoms with Crippen molar-refractivity contribution in [2.45, 2.75) is 33.7 Å². The number of esters is 1. The SMILES string of the molecule is Cc1cccc(NC(=O)COC(=O)[C@@H](NC(=O)c2c(F)cccc2F)C(C)C)c1C. The molecule has 0 aliphatic heterocycles. The lowest BCUT2D eigenvalue weighted by molar-refractivity contribution is -0.150. The molecule has 2 amide bonds. The van der Waals surface area contributed by atoms with Crippen molar-refractivity contribution in [1.29, 1.82) is 0 Å². The molecule has 2 aromatic rings. The quantitative estimate of drug-likeness (QED) is 0.674. The third kappa shape index (κ3) is 5.62.